The quantitative estimate of drug-likeness (QED) is 0.805. The molecule has 0 aromatic heterocycles. The van der Waals surface area contributed by atoms with Crippen molar-refractivity contribution in [3.63, 3.8) is 0 Å². The highest BCUT2D eigenvalue weighted by Crippen LogP contribution is 2.31. The van der Waals surface area contributed by atoms with Gasteiger partial charge < -0.3 is 4.90 Å². The number of sulfone groups is 1. The lowest BCUT2D eigenvalue weighted by Crippen LogP contribution is -2.27. The van der Waals surface area contributed by atoms with Crippen molar-refractivity contribution in [1.82, 2.24) is 4.90 Å². The number of rotatable bonds is 3. The number of aryl methyl sites for hydroxylation is 1. The van der Waals surface area contributed by atoms with Gasteiger partial charge in [0.1, 0.15) is 0 Å². The molecule has 0 saturated carbocycles. The predicted octanol–water partition coefficient (Wildman–Crippen LogP) is 2.47. The second-order valence-corrected chi connectivity index (χ2v) is 7.51. The van der Waals surface area contributed by atoms with E-state index in [9.17, 15) is 13.2 Å². The van der Waals surface area contributed by atoms with E-state index in [1.807, 2.05) is 17.9 Å². The lowest BCUT2D eigenvalue weighted by molar-refractivity contribution is -0.120. The molecule has 1 aromatic carbocycles. The van der Waals surface area contributed by atoms with Crippen LogP contribution >= 0.6 is 0 Å². The molecule has 1 aromatic rings. The maximum Gasteiger partial charge on any atom is 0.210 e. The van der Waals surface area contributed by atoms with Crippen molar-refractivity contribution in [1.29, 1.82) is 0 Å². The standard InChI is InChI=1S/C15H21NO3S/c1-12-10-13(20(2,18)19)7-8-14(12)15-6-4-3-5-9-16(15)11-17/h7-8,10-11,15H,3-6,9H2,1-2H3/t15-/m1/s1. The molecule has 0 unspecified atom stereocenters. The average Bonchev–Trinajstić information content (AvgIpc) is 2.62. The SMILES string of the molecule is Cc1cc(S(C)(=O)=O)ccc1[C@H]1CCCCCN1C=O. The Balaban J connectivity index is 2.38. The molecule has 1 saturated heterocycles. The van der Waals surface area contributed by atoms with Crippen LogP contribution in [0.25, 0.3) is 0 Å². The van der Waals surface area contributed by atoms with Crippen LogP contribution in [0.5, 0.6) is 0 Å². The average molecular weight is 295 g/mol. The number of nitrogens with zero attached hydrogens (tertiary/aromatic N) is 1. The minimum atomic E-state index is -3.18. The summed E-state index contributed by atoms with van der Waals surface area (Å²) in [5.41, 5.74) is 2.00. The third kappa shape index (κ3) is 3.20. The van der Waals surface area contributed by atoms with Crippen LogP contribution in [-0.2, 0) is 14.6 Å². The summed E-state index contributed by atoms with van der Waals surface area (Å²) in [7, 11) is -3.18. The van der Waals surface area contributed by atoms with Crippen molar-refractivity contribution < 1.29 is 13.2 Å². The molecule has 20 heavy (non-hydrogen) atoms. The van der Waals surface area contributed by atoms with E-state index in [1.165, 1.54) is 6.26 Å². The predicted molar refractivity (Wildman–Crippen MR) is 78.3 cm³/mol. The van der Waals surface area contributed by atoms with E-state index in [0.717, 1.165) is 49.8 Å². The molecule has 2 rings (SSSR count). The zero-order valence-corrected chi connectivity index (χ0v) is 12.8. The molecule has 4 nitrogen and oxygen atoms in total. The van der Waals surface area contributed by atoms with E-state index in [0.29, 0.717) is 4.90 Å². The summed E-state index contributed by atoms with van der Waals surface area (Å²) in [6.45, 7) is 2.69. The third-order valence-electron chi connectivity index (χ3n) is 3.96. The fraction of sp³-hybridized carbons (Fsp3) is 0.533. The molecule has 110 valence electrons. The Hall–Kier alpha value is -1.36. The topological polar surface area (TPSA) is 54.5 Å². The molecular formula is C15H21NO3S. The van der Waals surface area contributed by atoms with Gasteiger partial charge in [-0.15, -0.1) is 0 Å². The van der Waals surface area contributed by atoms with Crippen LogP contribution in [0.2, 0.25) is 0 Å². The van der Waals surface area contributed by atoms with Gasteiger partial charge in [0, 0.05) is 12.8 Å². The van der Waals surface area contributed by atoms with Crippen LogP contribution in [0.1, 0.15) is 42.9 Å². The van der Waals surface area contributed by atoms with E-state index >= 15 is 0 Å². The first-order valence-electron chi connectivity index (χ1n) is 6.95. The van der Waals surface area contributed by atoms with Gasteiger partial charge in [-0.25, -0.2) is 8.42 Å². The molecule has 1 aliphatic heterocycles. The molecule has 5 heteroatoms. The van der Waals surface area contributed by atoms with E-state index in [-0.39, 0.29) is 6.04 Å². The first-order valence-corrected chi connectivity index (χ1v) is 8.84. The van der Waals surface area contributed by atoms with Gasteiger partial charge in [0.25, 0.3) is 0 Å². The van der Waals surface area contributed by atoms with Crippen LogP contribution in [0.4, 0.5) is 0 Å². The highest BCUT2D eigenvalue weighted by atomic mass is 32.2. The number of hydrogen-bond acceptors (Lipinski definition) is 3. The molecule has 0 aliphatic carbocycles. The zero-order valence-electron chi connectivity index (χ0n) is 12.0. The summed E-state index contributed by atoms with van der Waals surface area (Å²) in [5, 5.41) is 0. The first kappa shape index (κ1) is 15.0. The second kappa shape index (κ2) is 5.95. The summed E-state index contributed by atoms with van der Waals surface area (Å²) in [6, 6.07) is 5.28. The fourth-order valence-corrected chi connectivity index (χ4v) is 3.55. The molecule has 1 aliphatic rings. The lowest BCUT2D eigenvalue weighted by atomic mass is 9.97. The summed E-state index contributed by atoms with van der Waals surface area (Å²) in [6.07, 6.45) is 6.35. The van der Waals surface area contributed by atoms with Crippen LogP contribution in [-0.4, -0.2) is 32.5 Å². The number of hydrogen-bond donors (Lipinski definition) is 0. The van der Waals surface area contributed by atoms with Gasteiger partial charge in [0.15, 0.2) is 9.84 Å². The minimum Gasteiger partial charge on any atom is -0.338 e. The highest BCUT2D eigenvalue weighted by Gasteiger charge is 2.23. The Morgan fingerprint density at radius 2 is 2.00 bits per heavy atom. The van der Waals surface area contributed by atoms with Crippen LogP contribution in [0, 0.1) is 6.92 Å². The lowest BCUT2D eigenvalue weighted by Gasteiger charge is -2.28. The molecule has 0 bridgehead atoms. The van der Waals surface area contributed by atoms with E-state index in [4.69, 9.17) is 0 Å². The maximum atomic E-state index is 11.6. The van der Waals surface area contributed by atoms with Crippen molar-refractivity contribution in [3.05, 3.63) is 29.3 Å². The van der Waals surface area contributed by atoms with Gasteiger partial charge in [-0.1, -0.05) is 18.9 Å². The summed E-state index contributed by atoms with van der Waals surface area (Å²) < 4.78 is 23.2. The van der Waals surface area contributed by atoms with E-state index in [2.05, 4.69) is 0 Å². The highest BCUT2D eigenvalue weighted by molar-refractivity contribution is 7.90. The zero-order chi connectivity index (χ0) is 14.8. The summed E-state index contributed by atoms with van der Waals surface area (Å²) in [5.74, 6) is 0. The van der Waals surface area contributed by atoms with E-state index < -0.39 is 9.84 Å². The smallest absolute Gasteiger partial charge is 0.210 e. The monoisotopic (exact) mass is 295 g/mol. The molecule has 0 spiro atoms. The van der Waals surface area contributed by atoms with Crippen molar-refractivity contribution >= 4 is 16.2 Å². The van der Waals surface area contributed by atoms with Crippen molar-refractivity contribution in [2.45, 2.75) is 43.5 Å². The Labute approximate surface area is 120 Å². The van der Waals surface area contributed by atoms with Gasteiger partial charge in [-0.05, 0) is 43.0 Å². The number of carbonyl (C=O) groups excluding carboxylic acids is 1. The van der Waals surface area contributed by atoms with Gasteiger partial charge in [0.2, 0.25) is 6.41 Å². The molecule has 1 fully saturated rings. The van der Waals surface area contributed by atoms with Gasteiger partial charge in [0.05, 0.1) is 10.9 Å². The Morgan fingerprint density at radius 1 is 1.25 bits per heavy atom. The number of carbonyl (C=O) groups is 1. The van der Waals surface area contributed by atoms with Gasteiger partial charge >= 0.3 is 0 Å². The van der Waals surface area contributed by atoms with Crippen molar-refractivity contribution in [2.75, 3.05) is 12.8 Å². The molecular weight excluding hydrogens is 274 g/mol. The molecule has 1 amide bonds. The third-order valence-corrected chi connectivity index (χ3v) is 5.07. The van der Waals surface area contributed by atoms with E-state index in [1.54, 1.807) is 12.1 Å². The molecule has 0 radical (unpaired) electrons. The Morgan fingerprint density at radius 3 is 2.60 bits per heavy atom. The Bertz CT molecular complexity index is 595. The molecule has 0 N–H and O–H groups in total. The molecule has 1 atom stereocenters. The second-order valence-electron chi connectivity index (χ2n) is 5.50. The minimum absolute atomic E-state index is 0.0728. The summed E-state index contributed by atoms with van der Waals surface area (Å²) in [4.78, 5) is 13.4. The summed E-state index contributed by atoms with van der Waals surface area (Å²) >= 11 is 0. The maximum absolute atomic E-state index is 11.6. The largest absolute Gasteiger partial charge is 0.338 e. The first-order chi connectivity index (χ1) is 9.43. The van der Waals surface area contributed by atoms with Crippen LogP contribution < -0.4 is 0 Å². The van der Waals surface area contributed by atoms with Gasteiger partial charge in [-0.2, -0.15) is 0 Å². The number of likely N-dealkylation sites (tertiary alicyclic amines) is 1. The normalized spacial score (nSPS) is 20.5. The van der Waals surface area contributed by atoms with Crippen molar-refractivity contribution in [2.24, 2.45) is 0 Å². The van der Waals surface area contributed by atoms with Crippen molar-refractivity contribution in [3.8, 4) is 0 Å². The Kier molecular flexibility index (Phi) is 4.48. The van der Waals surface area contributed by atoms with Gasteiger partial charge in [-0.3, -0.25) is 4.79 Å². The van der Waals surface area contributed by atoms with Crippen LogP contribution in [0.3, 0.4) is 0 Å². The fourth-order valence-electron chi connectivity index (χ4n) is 2.84. The molecule has 1 heterocycles. The number of benzene rings is 1. The van der Waals surface area contributed by atoms with Crippen LogP contribution in [0.15, 0.2) is 23.1 Å². The number of amides is 1.